The van der Waals surface area contributed by atoms with Crippen molar-refractivity contribution in [3.63, 3.8) is 0 Å². The molecule has 0 spiro atoms. The molecule has 3 nitrogen and oxygen atoms in total. The molecule has 1 atom stereocenters. The predicted molar refractivity (Wildman–Crippen MR) is 70.4 cm³/mol. The molecule has 0 aliphatic carbocycles. The molecule has 0 aliphatic heterocycles. The molecule has 0 fully saturated rings. The summed E-state index contributed by atoms with van der Waals surface area (Å²) in [5, 5.41) is 8.53. The summed E-state index contributed by atoms with van der Waals surface area (Å²) >= 11 is 0. The average molecular weight is 244 g/mol. The molecule has 4 heteroatoms. The highest BCUT2D eigenvalue weighted by Crippen LogP contribution is 2.45. The minimum atomic E-state index is -0.532. The lowest BCUT2D eigenvalue weighted by atomic mass is 10.3. The van der Waals surface area contributed by atoms with Gasteiger partial charge in [0.15, 0.2) is 0 Å². The highest BCUT2D eigenvalue weighted by molar-refractivity contribution is 7.50. The van der Waals surface area contributed by atoms with Crippen LogP contribution in [0.25, 0.3) is 0 Å². The summed E-state index contributed by atoms with van der Waals surface area (Å²) < 4.78 is 8.32. The molecule has 0 rings (SSSR count). The number of hydrogen-bond donors (Lipinski definition) is 0. The number of hydrogen-bond acceptors (Lipinski definition) is 3. The average Bonchev–Trinajstić information content (AvgIpc) is 2.17. The molecule has 94 valence electrons. The summed E-state index contributed by atoms with van der Waals surface area (Å²) in [4.78, 5) is 0. The number of rotatable bonds is 8. The Kier molecular flexibility index (Phi) is 8.84. The van der Waals surface area contributed by atoms with E-state index in [9.17, 15) is 0 Å². The maximum absolute atomic E-state index is 8.53. The minimum absolute atomic E-state index is 0.493. The Morgan fingerprint density at radius 1 is 1.25 bits per heavy atom. The summed E-state index contributed by atoms with van der Waals surface area (Å²) in [5.74, 6) is 0. The van der Waals surface area contributed by atoms with E-state index in [1.807, 2.05) is 0 Å². The van der Waals surface area contributed by atoms with Gasteiger partial charge in [0.25, 0.3) is 0 Å². The third-order valence-electron chi connectivity index (χ3n) is 2.18. The third-order valence-corrected chi connectivity index (χ3v) is 4.93. The van der Waals surface area contributed by atoms with Crippen molar-refractivity contribution < 1.29 is 4.52 Å². The van der Waals surface area contributed by atoms with E-state index in [0.717, 1.165) is 12.6 Å². The first-order valence-electron chi connectivity index (χ1n) is 6.10. The van der Waals surface area contributed by atoms with E-state index in [4.69, 9.17) is 9.79 Å². The van der Waals surface area contributed by atoms with Gasteiger partial charge in [0.05, 0.1) is 19.1 Å². The van der Waals surface area contributed by atoms with Crippen molar-refractivity contribution in [2.24, 2.45) is 0 Å². The van der Waals surface area contributed by atoms with Gasteiger partial charge < -0.3 is 4.52 Å². The van der Waals surface area contributed by atoms with Crippen molar-refractivity contribution in [3.8, 4) is 6.07 Å². The van der Waals surface area contributed by atoms with Crippen molar-refractivity contribution >= 4 is 8.30 Å². The van der Waals surface area contributed by atoms with E-state index in [0.29, 0.717) is 25.1 Å². The van der Waals surface area contributed by atoms with Crippen molar-refractivity contribution in [3.05, 3.63) is 0 Å². The van der Waals surface area contributed by atoms with Crippen LogP contribution in [0, 0.1) is 11.3 Å². The first-order chi connectivity index (χ1) is 7.54. The third kappa shape index (κ3) is 5.80. The summed E-state index contributed by atoms with van der Waals surface area (Å²) in [6.07, 6.45) is 2.72. The van der Waals surface area contributed by atoms with Gasteiger partial charge >= 0.3 is 0 Å². The predicted octanol–water partition coefficient (Wildman–Crippen LogP) is 3.76. The Morgan fingerprint density at radius 3 is 2.19 bits per heavy atom. The molecule has 0 saturated heterocycles. The van der Waals surface area contributed by atoms with E-state index >= 15 is 0 Å². The SMILES string of the molecule is CCCP(OCCC#N)N(C(C)C)C(C)C. The number of nitriles is 1. The maximum atomic E-state index is 8.53. The van der Waals surface area contributed by atoms with Crippen LogP contribution in [-0.2, 0) is 4.52 Å². The molecule has 0 heterocycles. The molecule has 0 aliphatic rings. The van der Waals surface area contributed by atoms with E-state index < -0.39 is 8.30 Å². The van der Waals surface area contributed by atoms with Crippen LogP contribution in [0.4, 0.5) is 0 Å². The Balaban J connectivity index is 4.39. The fourth-order valence-corrected chi connectivity index (χ4v) is 3.95. The smallest absolute Gasteiger partial charge is 0.104 e. The van der Waals surface area contributed by atoms with E-state index in [2.05, 4.69) is 45.4 Å². The van der Waals surface area contributed by atoms with Gasteiger partial charge in [-0.2, -0.15) is 5.26 Å². The molecule has 0 aromatic carbocycles. The molecular weight excluding hydrogens is 219 g/mol. The summed E-state index contributed by atoms with van der Waals surface area (Å²) in [6.45, 7) is 11.6. The Bertz CT molecular complexity index is 206. The van der Waals surface area contributed by atoms with Gasteiger partial charge in [-0.3, -0.25) is 4.67 Å². The van der Waals surface area contributed by atoms with Gasteiger partial charge in [-0.15, -0.1) is 0 Å². The first-order valence-corrected chi connectivity index (χ1v) is 7.50. The van der Waals surface area contributed by atoms with Crippen molar-refractivity contribution in [2.45, 2.75) is 59.5 Å². The molecule has 0 bridgehead atoms. The molecule has 0 radical (unpaired) electrons. The number of nitrogens with zero attached hydrogens (tertiary/aromatic N) is 2. The molecule has 1 unspecified atom stereocenters. The fraction of sp³-hybridized carbons (Fsp3) is 0.917. The lowest BCUT2D eigenvalue weighted by Crippen LogP contribution is -2.33. The van der Waals surface area contributed by atoms with Crippen LogP contribution >= 0.6 is 8.30 Å². The van der Waals surface area contributed by atoms with Gasteiger partial charge in [-0.05, 0) is 34.1 Å². The monoisotopic (exact) mass is 244 g/mol. The zero-order chi connectivity index (χ0) is 12.6. The quantitative estimate of drug-likeness (QED) is 0.482. The Labute approximate surface area is 102 Å². The minimum Gasteiger partial charge on any atom is -0.342 e. The second-order valence-corrected chi connectivity index (χ2v) is 6.26. The van der Waals surface area contributed by atoms with Crippen molar-refractivity contribution in [2.75, 3.05) is 12.8 Å². The zero-order valence-corrected chi connectivity index (χ0v) is 12.1. The lowest BCUT2D eigenvalue weighted by Gasteiger charge is -2.37. The molecular formula is C12H25N2OP. The zero-order valence-electron chi connectivity index (χ0n) is 11.2. The summed E-state index contributed by atoms with van der Waals surface area (Å²) in [6, 6.07) is 3.13. The van der Waals surface area contributed by atoms with Crippen molar-refractivity contribution in [1.29, 1.82) is 5.26 Å². The maximum Gasteiger partial charge on any atom is 0.104 e. The van der Waals surface area contributed by atoms with Crippen LogP contribution in [0.15, 0.2) is 0 Å². The van der Waals surface area contributed by atoms with Crippen LogP contribution in [-0.4, -0.2) is 29.5 Å². The second-order valence-electron chi connectivity index (χ2n) is 4.38. The molecule has 16 heavy (non-hydrogen) atoms. The Morgan fingerprint density at radius 2 is 1.81 bits per heavy atom. The highest BCUT2D eigenvalue weighted by Gasteiger charge is 2.24. The van der Waals surface area contributed by atoms with Crippen LogP contribution < -0.4 is 0 Å². The van der Waals surface area contributed by atoms with Gasteiger partial charge in [0.2, 0.25) is 0 Å². The fourth-order valence-electron chi connectivity index (χ4n) is 1.75. The largest absolute Gasteiger partial charge is 0.342 e. The summed E-state index contributed by atoms with van der Waals surface area (Å²) in [5.41, 5.74) is 0. The summed E-state index contributed by atoms with van der Waals surface area (Å²) in [7, 11) is -0.532. The standard InChI is InChI=1S/C12H25N2OP/c1-6-10-16(15-9-7-8-13)14(11(2)3)12(4)5/h11-12H,6-7,9-10H2,1-5H3. The normalized spacial score (nSPS) is 13.4. The lowest BCUT2D eigenvalue weighted by molar-refractivity contribution is 0.256. The second kappa shape index (κ2) is 8.93. The Hall–Kier alpha value is -0.160. The van der Waals surface area contributed by atoms with Crippen LogP contribution in [0.2, 0.25) is 0 Å². The van der Waals surface area contributed by atoms with Crippen molar-refractivity contribution in [1.82, 2.24) is 4.67 Å². The van der Waals surface area contributed by atoms with Gasteiger partial charge in [0.1, 0.15) is 8.30 Å². The molecule has 0 aromatic rings. The van der Waals surface area contributed by atoms with Gasteiger partial charge in [-0.1, -0.05) is 6.92 Å². The molecule has 0 saturated carbocycles. The topological polar surface area (TPSA) is 36.3 Å². The van der Waals surface area contributed by atoms with Gasteiger partial charge in [-0.25, -0.2) is 0 Å². The van der Waals surface area contributed by atoms with Crippen LogP contribution in [0.3, 0.4) is 0 Å². The van der Waals surface area contributed by atoms with Crippen LogP contribution in [0.1, 0.15) is 47.5 Å². The van der Waals surface area contributed by atoms with Gasteiger partial charge in [0, 0.05) is 18.2 Å². The molecule has 0 N–H and O–H groups in total. The van der Waals surface area contributed by atoms with E-state index in [-0.39, 0.29) is 0 Å². The van der Waals surface area contributed by atoms with Crippen LogP contribution in [0.5, 0.6) is 0 Å². The highest BCUT2D eigenvalue weighted by atomic mass is 31.2. The first kappa shape index (κ1) is 15.8. The van der Waals surface area contributed by atoms with E-state index in [1.54, 1.807) is 0 Å². The van der Waals surface area contributed by atoms with E-state index in [1.165, 1.54) is 0 Å². The molecule has 0 amide bonds. The molecule has 0 aromatic heterocycles.